The summed E-state index contributed by atoms with van der Waals surface area (Å²) in [6, 6.07) is 9.69. The Hall–Kier alpha value is -2.56. The van der Waals surface area contributed by atoms with Crippen molar-refractivity contribution in [3.63, 3.8) is 0 Å². The SMILES string of the molecule is CCc1cccc(OCCn2ccc(=O)c3cnn(C)c32)c1. The van der Waals surface area contributed by atoms with Crippen LogP contribution in [-0.4, -0.2) is 21.0 Å². The van der Waals surface area contributed by atoms with Crippen LogP contribution < -0.4 is 10.2 Å². The minimum Gasteiger partial charge on any atom is -0.492 e. The summed E-state index contributed by atoms with van der Waals surface area (Å²) in [7, 11) is 1.84. The third-order valence-corrected chi connectivity index (χ3v) is 3.76. The minimum absolute atomic E-state index is 0.00378. The second-order valence-corrected chi connectivity index (χ2v) is 5.23. The lowest BCUT2D eigenvalue weighted by atomic mass is 10.2. The van der Waals surface area contributed by atoms with E-state index in [9.17, 15) is 4.79 Å². The van der Waals surface area contributed by atoms with Crippen molar-refractivity contribution in [1.82, 2.24) is 14.3 Å². The molecular formula is C17H19N3O2. The lowest BCUT2D eigenvalue weighted by Gasteiger charge is -2.11. The van der Waals surface area contributed by atoms with Crippen molar-refractivity contribution in [2.75, 3.05) is 6.61 Å². The number of hydrogen-bond donors (Lipinski definition) is 0. The van der Waals surface area contributed by atoms with Crippen LogP contribution in [0, 0.1) is 0 Å². The molecule has 2 heterocycles. The van der Waals surface area contributed by atoms with Gasteiger partial charge in [-0.3, -0.25) is 9.48 Å². The van der Waals surface area contributed by atoms with Crippen LogP contribution in [-0.2, 0) is 20.0 Å². The first kappa shape index (κ1) is 14.4. The maximum absolute atomic E-state index is 11.8. The Morgan fingerprint density at radius 1 is 1.27 bits per heavy atom. The largest absolute Gasteiger partial charge is 0.492 e. The molecule has 0 bridgehead atoms. The fourth-order valence-corrected chi connectivity index (χ4v) is 2.56. The predicted octanol–water partition coefficient (Wildman–Crippen LogP) is 2.38. The lowest BCUT2D eigenvalue weighted by molar-refractivity contribution is 0.299. The second-order valence-electron chi connectivity index (χ2n) is 5.23. The summed E-state index contributed by atoms with van der Waals surface area (Å²) in [5, 5.41) is 4.80. The number of nitrogens with zero attached hydrogens (tertiary/aromatic N) is 3. The summed E-state index contributed by atoms with van der Waals surface area (Å²) >= 11 is 0. The van der Waals surface area contributed by atoms with Gasteiger partial charge in [0.2, 0.25) is 0 Å². The zero-order valence-electron chi connectivity index (χ0n) is 12.8. The van der Waals surface area contributed by atoms with E-state index in [-0.39, 0.29) is 5.43 Å². The minimum atomic E-state index is -0.00378. The molecule has 2 aromatic heterocycles. The van der Waals surface area contributed by atoms with Crippen LogP contribution in [0.4, 0.5) is 0 Å². The molecule has 5 heteroatoms. The van der Waals surface area contributed by atoms with Gasteiger partial charge in [0.1, 0.15) is 18.0 Å². The monoisotopic (exact) mass is 297 g/mol. The topological polar surface area (TPSA) is 49.1 Å². The van der Waals surface area contributed by atoms with Crippen LogP contribution in [0.2, 0.25) is 0 Å². The molecular weight excluding hydrogens is 278 g/mol. The normalized spacial score (nSPS) is 11.0. The van der Waals surface area contributed by atoms with Gasteiger partial charge in [-0.05, 0) is 24.1 Å². The Morgan fingerprint density at radius 3 is 2.95 bits per heavy atom. The number of benzene rings is 1. The molecule has 0 aliphatic heterocycles. The number of fused-ring (bicyclic) bond motifs is 1. The highest BCUT2D eigenvalue weighted by Crippen LogP contribution is 2.14. The van der Waals surface area contributed by atoms with Gasteiger partial charge in [0.05, 0.1) is 18.1 Å². The first-order chi connectivity index (χ1) is 10.7. The molecule has 0 amide bonds. The van der Waals surface area contributed by atoms with Gasteiger partial charge in [0, 0.05) is 19.3 Å². The second kappa shape index (κ2) is 6.05. The molecule has 22 heavy (non-hydrogen) atoms. The standard InChI is InChI=1S/C17H19N3O2/c1-3-13-5-4-6-14(11-13)22-10-9-20-8-7-16(21)15-12-18-19(2)17(15)20/h4-8,11-12H,3,9-10H2,1-2H3. The van der Waals surface area contributed by atoms with Crippen LogP contribution in [0.15, 0.2) is 47.5 Å². The smallest absolute Gasteiger partial charge is 0.192 e. The van der Waals surface area contributed by atoms with Crippen molar-refractivity contribution in [2.45, 2.75) is 19.9 Å². The van der Waals surface area contributed by atoms with Crippen molar-refractivity contribution in [1.29, 1.82) is 0 Å². The summed E-state index contributed by atoms with van der Waals surface area (Å²) in [6.07, 6.45) is 4.39. The fraction of sp³-hybridized carbons (Fsp3) is 0.294. The number of aromatic nitrogens is 3. The van der Waals surface area contributed by atoms with Crippen LogP contribution >= 0.6 is 0 Å². The first-order valence-electron chi connectivity index (χ1n) is 7.42. The Labute approximate surface area is 128 Å². The molecule has 0 unspecified atom stereocenters. The van der Waals surface area contributed by atoms with Crippen LogP contribution in [0.3, 0.4) is 0 Å². The average Bonchev–Trinajstić information content (AvgIpc) is 2.93. The maximum Gasteiger partial charge on any atom is 0.192 e. The molecule has 0 saturated heterocycles. The molecule has 5 nitrogen and oxygen atoms in total. The molecule has 0 saturated carbocycles. The number of ether oxygens (including phenoxy) is 1. The summed E-state index contributed by atoms with van der Waals surface area (Å²) in [6.45, 7) is 3.32. The van der Waals surface area contributed by atoms with Gasteiger partial charge in [-0.1, -0.05) is 19.1 Å². The van der Waals surface area contributed by atoms with Crippen molar-refractivity contribution < 1.29 is 4.74 Å². The maximum atomic E-state index is 11.8. The molecule has 0 aliphatic carbocycles. The Bertz CT molecular complexity index is 848. The van der Waals surface area contributed by atoms with E-state index in [4.69, 9.17) is 4.74 Å². The van der Waals surface area contributed by atoms with Crippen LogP contribution in [0.5, 0.6) is 5.75 Å². The summed E-state index contributed by atoms with van der Waals surface area (Å²) in [5.41, 5.74) is 2.07. The third kappa shape index (κ3) is 2.74. The Morgan fingerprint density at radius 2 is 2.14 bits per heavy atom. The molecule has 0 spiro atoms. The molecule has 3 rings (SSSR count). The highest BCUT2D eigenvalue weighted by atomic mass is 16.5. The van der Waals surface area contributed by atoms with E-state index < -0.39 is 0 Å². The van der Waals surface area contributed by atoms with Crippen molar-refractivity contribution in [3.8, 4) is 5.75 Å². The fourth-order valence-electron chi connectivity index (χ4n) is 2.56. The molecule has 1 aromatic carbocycles. The van der Waals surface area contributed by atoms with E-state index >= 15 is 0 Å². The summed E-state index contributed by atoms with van der Waals surface area (Å²) in [5.74, 6) is 0.877. The number of rotatable bonds is 5. The predicted molar refractivity (Wildman–Crippen MR) is 86.3 cm³/mol. The van der Waals surface area contributed by atoms with Gasteiger partial charge in [-0.15, -0.1) is 0 Å². The Kier molecular flexibility index (Phi) is 3.96. The molecule has 0 aliphatic rings. The third-order valence-electron chi connectivity index (χ3n) is 3.76. The summed E-state index contributed by atoms with van der Waals surface area (Å²) in [4.78, 5) is 11.8. The highest BCUT2D eigenvalue weighted by Gasteiger charge is 2.07. The van der Waals surface area contributed by atoms with Crippen molar-refractivity contribution in [3.05, 3.63) is 58.5 Å². The highest BCUT2D eigenvalue weighted by molar-refractivity contribution is 5.74. The van der Waals surface area contributed by atoms with E-state index in [1.54, 1.807) is 23.1 Å². The van der Waals surface area contributed by atoms with Gasteiger partial charge >= 0.3 is 0 Å². The quantitative estimate of drug-likeness (QED) is 0.726. The Balaban J connectivity index is 1.75. The van der Waals surface area contributed by atoms with E-state index in [1.807, 2.05) is 23.7 Å². The van der Waals surface area contributed by atoms with Crippen LogP contribution in [0.1, 0.15) is 12.5 Å². The molecule has 114 valence electrons. The van der Waals surface area contributed by atoms with E-state index in [0.717, 1.165) is 17.8 Å². The van der Waals surface area contributed by atoms with Crippen LogP contribution in [0.25, 0.3) is 11.0 Å². The van der Waals surface area contributed by atoms with Crippen molar-refractivity contribution >= 4 is 11.0 Å². The zero-order chi connectivity index (χ0) is 15.5. The van der Waals surface area contributed by atoms with Gasteiger partial charge in [0.15, 0.2) is 5.43 Å². The molecule has 0 radical (unpaired) electrons. The van der Waals surface area contributed by atoms with Gasteiger partial charge in [0.25, 0.3) is 0 Å². The molecule has 0 atom stereocenters. The lowest BCUT2D eigenvalue weighted by Crippen LogP contribution is -2.14. The number of pyridine rings is 1. The van der Waals surface area contributed by atoms with Gasteiger partial charge in [-0.2, -0.15) is 5.10 Å². The van der Waals surface area contributed by atoms with E-state index in [2.05, 4.69) is 24.2 Å². The average molecular weight is 297 g/mol. The molecule has 0 N–H and O–H groups in total. The van der Waals surface area contributed by atoms with E-state index in [1.165, 1.54) is 5.56 Å². The van der Waals surface area contributed by atoms with Gasteiger partial charge in [-0.25, -0.2) is 0 Å². The van der Waals surface area contributed by atoms with Gasteiger partial charge < -0.3 is 9.30 Å². The first-order valence-corrected chi connectivity index (χ1v) is 7.42. The van der Waals surface area contributed by atoms with Crippen molar-refractivity contribution in [2.24, 2.45) is 7.05 Å². The molecule has 0 fully saturated rings. The van der Waals surface area contributed by atoms with E-state index in [0.29, 0.717) is 18.5 Å². The summed E-state index contributed by atoms with van der Waals surface area (Å²) < 4.78 is 9.53. The zero-order valence-corrected chi connectivity index (χ0v) is 12.8. The number of hydrogen-bond acceptors (Lipinski definition) is 3. The number of aryl methyl sites for hydroxylation is 2. The molecule has 3 aromatic rings.